The van der Waals surface area contributed by atoms with Gasteiger partial charge in [-0.25, -0.2) is 0 Å². The van der Waals surface area contributed by atoms with Crippen LogP contribution < -0.4 is 0 Å². The third kappa shape index (κ3) is 2.72. The van der Waals surface area contributed by atoms with Gasteiger partial charge in [0.05, 0.1) is 11.5 Å². The van der Waals surface area contributed by atoms with E-state index in [-0.39, 0.29) is 0 Å². The van der Waals surface area contributed by atoms with Crippen LogP contribution in [-0.4, -0.2) is 0 Å². The summed E-state index contributed by atoms with van der Waals surface area (Å²) in [6.07, 6.45) is 0.700. The van der Waals surface area contributed by atoms with E-state index in [9.17, 15) is 5.26 Å². The molecule has 0 aliphatic heterocycles. The molecule has 0 aromatic heterocycles. The molecule has 0 aliphatic rings. The van der Waals surface area contributed by atoms with Crippen LogP contribution >= 0.6 is 11.6 Å². The largest absolute Gasteiger partial charge is 0.197 e. The predicted octanol–water partition coefficient (Wildman–Crippen LogP) is 4.36. The molecule has 0 fully saturated rings. The van der Waals surface area contributed by atoms with Crippen LogP contribution in [0.5, 0.6) is 0 Å². The van der Waals surface area contributed by atoms with Crippen LogP contribution in [0.2, 0.25) is 5.02 Å². The van der Waals surface area contributed by atoms with Crippen molar-refractivity contribution in [3.8, 4) is 6.07 Å². The van der Waals surface area contributed by atoms with Gasteiger partial charge in [-0.2, -0.15) is 5.26 Å². The number of rotatable bonds is 3. The first-order valence-electron chi connectivity index (χ1n) is 5.85. The highest BCUT2D eigenvalue weighted by Gasteiger charge is 2.26. The Morgan fingerprint density at radius 1 is 1.06 bits per heavy atom. The Kier molecular flexibility index (Phi) is 3.69. The highest BCUT2D eigenvalue weighted by Crippen LogP contribution is 2.28. The van der Waals surface area contributed by atoms with Crippen molar-refractivity contribution in [3.63, 3.8) is 0 Å². The van der Waals surface area contributed by atoms with Crippen molar-refractivity contribution in [2.45, 2.75) is 18.8 Å². The lowest BCUT2D eigenvalue weighted by molar-refractivity contribution is 0.606. The van der Waals surface area contributed by atoms with Crippen LogP contribution in [0.25, 0.3) is 0 Å². The lowest BCUT2D eigenvalue weighted by Crippen LogP contribution is -2.22. The summed E-state index contributed by atoms with van der Waals surface area (Å²) in [5.41, 5.74) is 1.64. The molecule has 18 heavy (non-hydrogen) atoms. The lowest BCUT2D eigenvalue weighted by Gasteiger charge is -2.22. The molecule has 0 N–H and O–H groups in total. The van der Waals surface area contributed by atoms with Gasteiger partial charge in [0.15, 0.2) is 0 Å². The van der Waals surface area contributed by atoms with Gasteiger partial charge in [-0.05, 0) is 36.6 Å². The Morgan fingerprint density at radius 3 is 2.22 bits per heavy atom. The van der Waals surface area contributed by atoms with Crippen LogP contribution in [0.15, 0.2) is 54.6 Å². The van der Waals surface area contributed by atoms with Gasteiger partial charge in [-0.1, -0.05) is 54.1 Å². The molecule has 0 saturated carbocycles. The van der Waals surface area contributed by atoms with Crippen LogP contribution in [0.3, 0.4) is 0 Å². The molecule has 0 aliphatic carbocycles. The minimum absolute atomic E-state index is 0.522. The summed E-state index contributed by atoms with van der Waals surface area (Å²) in [6.45, 7) is 1.96. The Bertz CT molecular complexity index is 554. The Balaban J connectivity index is 2.32. The first-order chi connectivity index (χ1) is 8.64. The van der Waals surface area contributed by atoms with Gasteiger partial charge in [0.2, 0.25) is 0 Å². The Labute approximate surface area is 113 Å². The topological polar surface area (TPSA) is 23.8 Å². The van der Waals surface area contributed by atoms with Crippen molar-refractivity contribution in [3.05, 3.63) is 70.7 Å². The standard InChI is InChI=1S/C16H14ClN/c1-16(12-18,11-13-5-3-2-4-6-13)14-7-9-15(17)10-8-14/h2-10H,11H2,1H3. The second-order valence-electron chi connectivity index (χ2n) is 4.61. The van der Waals surface area contributed by atoms with E-state index in [0.717, 1.165) is 11.1 Å². The molecule has 2 aromatic rings. The molecule has 0 spiro atoms. The van der Waals surface area contributed by atoms with Crippen LogP contribution in [0.1, 0.15) is 18.1 Å². The SMILES string of the molecule is CC(C#N)(Cc1ccccc1)c1ccc(Cl)cc1. The molecule has 2 rings (SSSR count). The molecule has 0 amide bonds. The van der Waals surface area contributed by atoms with Gasteiger partial charge < -0.3 is 0 Å². The highest BCUT2D eigenvalue weighted by atomic mass is 35.5. The first-order valence-corrected chi connectivity index (χ1v) is 6.23. The second kappa shape index (κ2) is 5.25. The maximum absolute atomic E-state index is 9.49. The van der Waals surface area contributed by atoms with E-state index >= 15 is 0 Å². The summed E-state index contributed by atoms with van der Waals surface area (Å²) >= 11 is 5.88. The first kappa shape index (κ1) is 12.7. The molecule has 2 aromatic carbocycles. The average molecular weight is 256 g/mol. The van der Waals surface area contributed by atoms with Gasteiger partial charge in [0.25, 0.3) is 0 Å². The minimum atomic E-state index is -0.522. The molecular weight excluding hydrogens is 242 g/mol. The number of benzene rings is 2. The van der Waals surface area contributed by atoms with E-state index in [4.69, 9.17) is 11.6 Å². The molecule has 0 radical (unpaired) electrons. The average Bonchev–Trinajstić information content (AvgIpc) is 2.40. The summed E-state index contributed by atoms with van der Waals surface area (Å²) < 4.78 is 0. The summed E-state index contributed by atoms with van der Waals surface area (Å²) in [5.74, 6) is 0. The van der Waals surface area contributed by atoms with E-state index in [2.05, 4.69) is 6.07 Å². The summed E-state index contributed by atoms with van der Waals surface area (Å²) in [5, 5.41) is 10.2. The van der Waals surface area contributed by atoms with Crippen molar-refractivity contribution in [2.24, 2.45) is 0 Å². The van der Waals surface area contributed by atoms with Crippen LogP contribution in [0.4, 0.5) is 0 Å². The quantitative estimate of drug-likeness (QED) is 0.799. The molecule has 2 heteroatoms. The number of hydrogen-bond acceptors (Lipinski definition) is 1. The van der Waals surface area contributed by atoms with E-state index in [1.165, 1.54) is 0 Å². The van der Waals surface area contributed by atoms with Crippen LogP contribution in [0, 0.1) is 11.3 Å². The monoisotopic (exact) mass is 255 g/mol. The second-order valence-corrected chi connectivity index (χ2v) is 5.05. The fourth-order valence-corrected chi connectivity index (χ4v) is 2.15. The minimum Gasteiger partial charge on any atom is -0.197 e. The van der Waals surface area contributed by atoms with Gasteiger partial charge in [-0.3, -0.25) is 0 Å². The van der Waals surface area contributed by atoms with Crippen molar-refractivity contribution in [1.29, 1.82) is 5.26 Å². The lowest BCUT2D eigenvalue weighted by atomic mass is 9.79. The third-order valence-electron chi connectivity index (χ3n) is 3.13. The Morgan fingerprint density at radius 2 is 1.67 bits per heavy atom. The van der Waals surface area contributed by atoms with Gasteiger partial charge in [0.1, 0.15) is 0 Å². The van der Waals surface area contributed by atoms with Gasteiger partial charge >= 0.3 is 0 Å². The molecule has 1 atom stereocenters. The zero-order valence-electron chi connectivity index (χ0n) is 10.2. The fraction of sp³-hybridized carbons (Fsp3) is 0.188. The van der Waals surface area contributed by atoms with Crippen molar-refractivity contribution in [2.75, 3.05) is 0 Å². The Hall–Kier alpha value is -1.78. The molecular formula is C16H14ClN. The molecule has 90 valence electrons. The summed E-state index contributed by atoms with van der Waals surface area (Å²) in [7, 11) is 0. The van der Waals surface area contributed by atoms with E-state index in [1.807, 2.05) is 61.5 Å². The molecule has 0 saturated heterocycles. The normalized spacial score (nSPS) is 13.6. The summed E-state index contributed by atoms with van der Waals surface area (Å²) in [6, 6.07) is 20.0. The summed E-state index contributed by atoms with van der Waals surface area (Å²) in [4.78, 5) is 0. The van der Waals surface area contributed by atoms with Gasteiger partial charge in [0, 0.05) is 5.02 Å². The smallest absolute Gasteiger partial charge is 0.0834 e. The van der Waals surface area contributed by atoms with Crippen molar-refractivity contribution >= 4 is 11.6 Å². The predicted molar refractivity (Wildman–Crippen MR) is 74.6 cm³/mol. The molecule has 1 unspecified atom stereocenters. The number of halogens is 1. The number of nitrogens with zero attached hydrogens (tertiary/aromatic N) is 1. The fourth-order valence-electron chi connectivity index (χ4n) is 2.03. The van der Waals surface area contributed by atoms with E-state index in [1.54, 1.807) is 0 Å². The number of hydrogen-bond donors (Lipinski definition) is 0. The van der Waals surface area contributed by atoms with Crippen molar-refractivity contribution in [1.82, 2.24) is 0 Å². The van der Waals surface area contributed by atoms with Gasteiger partial charge in [-0.15, -0.1) is 0 Å². The highest BCUT2D eigenvalue weighted by molar-refractivity contribution is 6.30. The molecule has 0 bridgehead atoms. The van der Waals surface area contributed by atoms with E-state index < -0.39 is 5.41 Å². The zero-order chi connectivity index (χ0) is 13.0. The van der Waals surface area contributed by atoms with Crippen LogP contribution in [-0.2, 0) is 11.8 Å². The molecule has 0 heterocycles. The number of nitriles is 1. The van der Waals surface area contributed by atoms with E-state index in [0.29, 0.717) is 11.4 Å². The third-order valence-corrected chi connectivity index (χ3v) is 3.38. The molecule has 1 nitrogen and oxygen atoms in total. The van der Waals surface area contributed by atoms with Crippen molar-refractivity contribution < 1.29 is 0 Å². The maximum Gasteiger partial charge on any atom is 0.0834 e. The zero-order valence-corrected chi connectivity index (χ0v) is 11.0. The maximum atomic E-state index is 9.49.